The summed E-state index contributed by atoms with van der Waals surface area (Å²) in [6, 6.07) is 40.1. The molecule has 0 amide bonds. The van der Waals surface area contributed by atoms with Crippen LogP contribution in [0.4, 0.5) is 4.39 Å². The van der Waals surface area contributed by atoms with Crippen LogP contribution in [-0.4, -0.2) is 19.1 Å². The average Bonchev–Trinajstić information content (AvgIpc) is 3.61. The smallest absolute Gasteiger partial charge is 0.150 e. The van der Waals surface area contributed by atoms with Crippen LogP contribution in [0.5, 0.6) is 11.5 Å². The number of hydrogen-bond acceptors (Lipinski definition) is 3. The monoisotopic (exact) mass is 614 g/mol. The Labute approximate surface area is 271 Å². The third-order valence-electron chi connectivity index (χ3n) is 9.74. The maximum atomic E-state index is 16.6. The highest BCUT2D eigenvalue weighted by Gasteiger charge is 2.35. The van der Waals surface area contributed by atoms with Crippen LogP contribution in [0.1, 0.15) is 42.3 Å². The van der Waals surface area contributed by atoms with Gasteiger partial charge in [-0.3, -0.25) is 4.57 Å². The van der Waals surface area contributed by atoms with E-state index in [0.717, 1.165) is 72.7 Å². The van der Waals surface area contributed by atoms with Gasteiger partial charge in [-0.25, -0.2) is 14.4 Å². The number of rotatable bonds is 4. The van der Waals surface area contributed by atoms with Gasteiger partial charge in [0.1, 0.15) is 23.1 Å². The van der Waals surface area contributed by atoms with E-state index in [9.17, 15) is 0 Å². The maximum Gasteiger partial charge on any atom is 0.150 e. The number of imidazole rings is 1. The summed E-state index contributed by atoms with van der Waals surface area (Å²) in [5, 5.41) is 2.11. The minimum Gasteiger partial charge on any atom is -0.457 e. The van der Waals surface area contributed by atoms with Crippen LogP contribution < -0.4 is 4.74 Å². The number of pyridine rings is 1. The molecule has 0 radical (unpaired) electrons. The largest absolute Gasteiger partial charge is 0.457 e. The van der Waals surface area contributed by atoms with Crippen LogP contribution in [0.3, 0.4) is 0 Å². The van der Waals surface area contributed by atoms with E-state index in [1.165, 1.54) is 0 Å². The second-order valence-electron chi connectivity index (χ2n) is 12.9. The molecule has 5 nitrogen and oxygen atoms in total. The van der Waals surface area contributed by atoms with Gasteiger partial charge in [-0.15, -0.1) is 0 Å². The Hall–Kier alpha value is -5.75. The molecule has 4 heterocycles. The summed E-state index contributed by atoms with van der Waals surface area (Å²) in [7, 11) is 2.00. The van der Waals surface area contributed by atoms with Crippen LogP contribution in [-0.2, 0) is 12.5 Å². The summed E-state index contributed by atoms with van der Waals surface area (Å²) in [5.41, 5.74) is 7.86. The van der Waals surface area contributed by atoms with Gasteiger partial charge in [0.2, 0.25) is 0 Å². The first-order valence-corrected chi connectivity index (χ1v) is 15.9. The molecule has 0 N–H and O–H groups in total. The zero-order chi connectivity index (χ0) is 31.9. The summed E-state index contributed by atoms with van der Waals surface area (Å²) in [6.45, 7) is 4.48. The van der Waals surface area contributed by atoms with E-state index in [2.05, 4.69) is 47.2 Å². The topological polar surface area (TPSA) is 44.9 Å². The van der Waals surface area contributed by atoms with Crippen LogP contribution in [0, 0.1) is 0 Å². The third-order valence-corrected chi connectivity index (χ3v) is 9.74. The number of para-hydroxylation sites is 3. The Balaban J connectivity index is 1.20. The number of aromatic nitrogens is 4. The molecule has 0 bridgehead atoms. The molecule has 5 aromatic carbocycles. The molecule has 0 saturated heterocycles. The fraction of sp³-hybridized carbons (Fsp3) is 0.122. The Morgan fingerprint density at radius 1 is 0.681 bits per heavy atom. The molecular formula is C41H31FN4O. The molecule has 1 atom stereocenters. The summed E-state index contributed by atoms with van der Waals surface area (Å²) >= 11 is 0. The van der Waals surface area contributed by atoms with Crippen LogP contribution in [0.2, 0.25) is 0 Å². The fourth-order valence-corrected chi connectivity index (χ4v) is 7.29. The van der Waals surface area contributed by atoms with E-state index in [4.69, 9.17) is 14.7 Å². The van der Waals surface area contributed by atoms with E-state index < -0.39 is 6.17 Å². The van der Waals surface area contributed by atoms with E-state index in [0.29, 0.717) is 11.1 Å². The van der Waals surface area contributed by atoms with Crippen molar-refractivity contribution in [3.05, 3.63) is 150 Å². The number of alkyl halides is 1. The molecule has 0 fully saturated rings. The van der Waals surface area contributed by atoms with Crippen molar-refractivity contribution in [1.82, 2.24) is 19.1 Å². The number of nitrogens with zero attached hydrogens (tertiary/aromatic N) is 4. The van der Waals surface area contributed by atoms with Gasteiger partial charge in [-0.2, -0.15) is 0 Å². The number of aryl methyl sites for hydroxylation is 1. The number of fused-ring (bicyclic) bond motifs is 6. The molecule has 228 valence electrons. The summed E-state index contributed by atoms with van der Waals surface area (Å²) in [6.07, 6.45) is 0.449. The predicted molar refractivity (Wildman–Crippen MR) is 186 cm³/mol. The highest BCUT2D eigenvalue weighted by atomic mass is 19.1. The average molecular weight is 615 g/mol. The second-order valence-corrected chi connectivity index (χ2v) is 12.9. The summed E-state index contributed by atoms with van der Waals surface area (Å²) in [5.74, 6) is 3.26. The zero-order valence-electron chi connectivity index (χ0n) is 26.3. The van der Waals surface area contributed by atoms with Gasteiger partial charge in [-0.1, -0.05) is 80.6 Å². The molecular weight excluding hydrogens is 583 g/mol. The Morgan fingerprint density at radius 3 is 2.32 bits per heavy atom. The van der Waals surface area contributed by atoms with Gasteiger partial charge >= 0.3 is 0 Å². The van der Waals surface area contributed by atoms with Gasteiger partial charge < -0.3 is 9.30 Å². The zero-order valence-corrected chi connectivity index (χ0v) is 26.3. The molecule has 1 aliphatic heterocycles. The molecule has 6 heteroatoms. The van der Waals surface area contributed by atoms with Crippen molar-refractivity contribution >= 4 is 32.8 Å². The molecule has 47 heavy (non-hydrogen) atoms. The first-order valence-electron chi connectivity index (χ1n) is 15.9. The highest BCUT2D eigenvalue weighted by Crippen LogP contribution is 2.50. The van der Waals surface area contributed by atoms with Gasteiger partial charge in [0, 0.05) is 52.2 Å². The molecule has 0 aliphatic carbocycles. The molecule has 0 saturated carbocycles. The number of ether oxygens (including phenoxy) is 1. The van der Waals surface area contributed by atoms with Crippen molar-refractivity contribution in [3.63, 3.8) is 0 Å². The summed E-state index contributed by atoms with van der Waals surface area (Å²) in [4.78, 5) is 9.56. The maximum absolute atomic E-state index is 16.6. The van der Waals surface area contributed by atoms with E-state index in [1.54, 1.807) is 6.20 Å². The highest BCUT2D eigenvalue weighted by molar-refractivity contribution is 6.10. The minimum atomic E-state index is -1.34. The fourth-order valence-electron chi connectivity index (χ4n) is 7.29. The normalized spacial score (nSPS) is 14.2. The molecule has 3 aromatic heterocycles. The van der Waals surface area contributed by atoms with Gasteiger partial charge in [0.15, 0.2) is 6.17 Å². The SMILES string of the molecule is Cn1c(-c2cccc(C(F)c3ccc4c5cc6c(cc5n(-c5ccccn5)c4c3)Oc3ccccc3C6(C)C)c2)nc2ccccc21. The lowest BCUT2D eigenvalue weighted by atomic mass is 9.75. The predicted octanol–water partition coefficient (Wildman–Crippen LogP) is 10.2. The van der Waals surface area contributed by atoms with Gasteiger partial charge in [0.25, 0.3) is 0 Å². The van der Waals surface area contributed by atoms with Crippen molar-refractivity contribution < 1.29 is 9.13 Å². The molecule has 1 aliphatic rings. The van der Waals surface area contributed by atoms with Gasteiger partial charge in [0.05, 0.1) is 22.1 Å². The Bertz CT molecular complexity index is 2510. The number of halogens is 1. The van der Waals surface area contributed by atoms with Crippen molar-refractivity contribution in [1.29, 1.82) is 0 Å². The molecule has 9 rings (SSSR count). The van der Waals surface area contributed by atoms with Crippen molar-refractivity contribution in [3.8, 4) is 28.7 Å². The van der Waals surface area contributed by atoms with Crippen LogP contribution in [0.15, 0.2) is 128 Å². The Morgan fingerprint density at radius 2 is 1.47 bits per heavy atom. The standard InChI is InChI=1S/C41H31FN4O/c1-41(2)30-13-4-7-16-36(30)47-37-24-35-29(23-31(37)41)28-19-18-26(22-34(28)46(35)38-17-8-9-20-43-38)39(42)25-11-10-12-27(21-25)40-44-32-14-5-6-15-33(32)45(40)3/h4-24,39H,1-3H3. The Kier molecular flexibility index (Phi) is 5.94. The molecule has 8 aromatic rings. The van der Waals surface area contributed by atoms with E-state index in [-0.39, 0.29) is 5.41 Å². The first kappa shape index (κ1) is 27.6. The van der Waals surface area contributed by atoms with Crippen molar-refractivity contribution in [2.75, 3.05) is 0 Å². The van der Waals surface area contributed by atoms with Crippen LogP contribution >= 0.6 is 0 Å². The van der Waals surface area contributed by atoms with Gasteiger partial charge in [-0.05, 0) is 59.7 Å². The minimum absolute atomic E-state index is 0.258. The number of hydrogen-bond donors (Lipinski definition) is 0. The summed E-state index contributed by atoms with van der Waals surface area (Å²) < 4.78 is 27.3. The lowest BCUT2D eigenvalue weighted by Crippen LogP contribution is -2.24. The lowest BCUT2D eigenvalue weighted by Gasteiger charge is -2.34. The third kappa shape index (κ3) is 4.14. The second kappa shape index (κ2) is 10.1. The molecule has 0 spiro atoms. The number of benzene rings is 5. The quantitative estimate of drug-likeness (QED) is 0.198. The van der Waals surface area contributed by atoms with Crippen LogP contribution in [0.25, 0.3) is 50.0 Å². The lowest BCUT2D eigenvalue weighted by molar-refractivity contribution is 0.402. The van der Waals surface area contributed by atoms with Crippen molar-refractivity contribution in [2.45, 2.75) is 25.4 Å². The first-order chi connectivity index (χ1) is 22.9. The molecule has 1 unspecified atom stereocenters. The van der Waals surface area contributed by atoms with Crippen molar-refractivity contribution in [2.24, 2.45) is 7.05 Å². The van der Waals surface area contributed by atoms with E-state index in [1.807, 2.05) is 104 Å². The van der Waals surface area contributed by atoms with E-state index >= 15 is 4.39 Å².